The molecule has 17 heavy (non-hydrogen) atoms. The van der Waals surface area contributed by atoms with Crippen molar-refractivity contribution in [3.8, 4) is 5.88 Å². The molecule has 0 aliphatic heterocycles. The lowest BCUT2D eigenvalue weighted by atomic mass is 10.4. The molecule has 0 atom stereocenters. The number of halogens is 2. The summed E-state index contributed by atoms with van der Waals surface area (Å²) < 4.78 is 10.4. The van der Waals surface area contributed by atoms with E-state index in [4.69, 9.17) is 32.7 Å². The molecule has 0 unspecified atom stereocenters. The Kier molecular flexibility index (Phi) is 6.40. The van der Waals surface area contributed by atoms with Gasteiger partial charge in [0.05, 0.1) is 11.6 Å². The van der Waals surface area contributed by atoms with Crippen molar-refractivity contribution in [2.45, 2.75) is 13.3 Å². The lowest BCUT2D eigenvalue weighted by molar-refractivity contribution is 0.170. The normalized spacial score (nSPS) is 10.4. The largest absolute Gasteiger partial charge is 0.476 e. The molecule has 0 aliphatic carbocycles. The van der Waals surface area contributed by atoms with Gasteiger partial charge in [-0.1, -0.05) is 23.2 Å². The molecule has 1 rings (SSSR count). The Hall–Kier alpha value is -0.710. The molecule has 0 amide bonds. The van der Waals surface area contributed by atoms with Crippen molar-refractivity contribution >= 4 is 29.0 Å². The first-order chi connectivity index (χ1) is 8.19. The summed E-state index contributed by atoms with van der Waals surface area (Å²) in [7, 11) is 1.65. The second kappa shape index (κ2) is 7.58. The monoisotopic (exact) mass is 278 g/mol. The van der Waals surface area contributed by atoms with E-state index in [1.807, 2.05) is 6.92 Å². The van der Waals surface area contributed by atoms with Crippen LogP contribution in [0.3, 0.4) is 0 Å². The number of nitrogens with one attached hydrogen (secondary N) is 1. The molecule has 0 bridgehead atoms. The van der Waals surface area contributed by atoms with Crippen molar-refractivity contribution in [1.29, 1.82) is 0 Å². The third kappa shape index (κ3) is 4.58. The molecule has 0 saturated heterocycles. The van der Waals surface area contributed by atoms with Gasteiger partial charge in [-0.15, -0.1) is 0 Å². The first-order valence-electron chi connectivity index (χ1n) is 5.40. The summed E-state index contributed by atoms with van der Waals surface area (Å²) in [5.41, 5.74) is 0. The minimum absolute atomic E-state index is 0.392. The van der Waals surface area contributed by atoms with Gasteiger partial charge in [0.1, 0.15) is 10.8 Å². The Bertz CT molecular complexity index is 362. The third-order valence-electron chi connectivity index (χ3n) is 1.97. The zero-order chi connectivity index (χ0) is 12.7. The second-order valence-corrected chi connectivity index (χ2v) is 4.15. The van der Waals surface area contributed by atoms with Crippen molar-refractivity contribution in [2.75, 3.05) is 32.2 Å². The average Bonchev–Trinajstić information content (AvgIpc) is 2.30. The standard InChI is InChI=1S/C11H16Cl2N2O2/c1-3-14-10-8(12)7-9(13)11(15-10)17-6-4-5-16-2/h7H,3-6H2,1-2H3,(H,14,15). The fourth-order valence-electron chi connectivity index (χ4n) is 1.21. The average molecular weight is 279 g/mol. The maximum absolute atomic E-state index is 5.98. The molecule has 0 radical (unpaired) electrons. The number of aromatic nitrogens is 1. The molecule has 96 valence electrons. The van der Waals surface area contributed by atoms with Gasteiger partial charge >= 0.3 is 0 Å². The van der Waals surface area contributed by atoms with Gasteiger partial charge in [-0.2, -0.15) is 4.98 Å². The SMILES string of the molecule is CCNc1nc(OCCCOC)c(Cl)cc1Cl. The highest BCUT2D eigenvalue weighted by Crippen LogP contribution is 2.30. The molecule has 0 aliphatic rings. The Morgan fingerprint density at radius 3 is 2.71 bits per heavy atom. The minimum Gasteiger partial charge on any atom is -0.476 e. The molecule has 1 aromatic rings. The number of methoxy groups -OCH3 is 1. The van der Waals surface area contributed by atoms with Crippen LogP contribution < -0.4 is 10.1 Å². The van der Waals surface area contributed by atoms with E-state index in [0.29, 0.717) is 35.0 Å². The Morgan fingerprint density at radius 1 is 1.29 bits per heavy atom. The minimum atomic E-state index is 0.392. The zero-order valence-corrected chi connectivity index (χ0v) is 11.4. The Balaban J connectivity index is 2.66. The highest BCUT2D eigenvalue weighted by molar-refractivity contribution is 6.36. The second-order valence-electron chi connectivity index (χ2n) is 3.33. The fourth-order valence-corrected chi connectivity index (χ4v) is 1.69. The van der Waals surface area contributed by atoms with E-state index in [0.717, 1.165) is 13.0 Å². The van der Waals surface area contributed by atoms with Crippen LogP contribution in [0.2, 0.25) is 10.0 Å². The molecule has 1 N–H and O–H groups in total. The van der Waals surface area contributed by atoms with Gasteiger partial charge in [-0.25, -0.2) is 0 Å². The van der Waals surface area contributed by atoms with Gasteiger partial charge < -0.3 is 14.8 Å². The van der Waals surface area contributed by atoms with Crippen LogP contribution in [0.1, 0.15) is 13.3 Å². The van der Waals surface area contributed by atoms with Gasteiger partial charge in [0.2, 0.25) is 5.88 Å². The lowest BCUT2D eigenvalue weighted by Gasteiger charge is -2.10. The zero-order valence-electron chi connectivity index (χ0n) is 9.93. The molecule has 0 aromatic carbocycles. The molecule has 0 spiro atoms. The van der Waals surface area contributed by atoms with Crippen molar-refractivity contribution in [1.82, 2.24) is 4.98 Å². The first kappa shape index (κ1) is 14.4. The van der Waals surface area contributed by atoms with E-state index < -0.39 is 0 Å². The summed E-state index contributed by atoms with van der Waals surface area (Å²) >= 11 is 12.0. The molecule has 6 heteroatoms. The Morgan fingerprint density at radius 2 is 2.06 bits per heavy atom. The highest BCUT2D eigenvalue weighted by Gasteiger charge is 2.09. The summed E-state index contributed by atoms with van der Waals surface area (Å²) in [5, 5.41) is 3.94. The van der Waals surface area contributed by atoms with E-state index in [9.17, 15) is 0 Å². The van der Waals surface area contributed by atoms with Crippen LogP contribution in [-0.2, 0) is 4.74 Å². The molecular formula is C11H16Cl2N2O2. The van der Waals surface area contributed by atoms with E-state index in [-0.39, 0.29) is 0 Å². The first-order valence-corrected chi connectivity index (χ1v) is 6.16. The number of anilines is 1. The summed E-state index contributed by atoms with van der Waals surface area (Å²) in [6.45, 7) is 3.85. The third-order valence-corrected chi connectivity index (χ3v) is 2.53. The summed E-state index contributed by atoms with van der Waals surface area (Å²) in [6.07, 6.45) is 0.785. The number of hydrogen-bond donors (Lipinski definition) is 1. The Labute approximate surface area is 111 Å². The molecule has 1 heterocycles. The van der Waals surface area contributed by atoms with Crippen LogP contribution in [0, 0.1) is 0 Å². The molecule has 1 aromatic heterocycles. The molecular weight excluding hydrogens is 263 g/mol. The number of ether oxygens (including phenoxy) is 2. The summed E-state index contributed by atoms with van der Waals surface area (Å²) in [4.78, 5) is 4.22. The smallest absolute Gasteiger partial charge is 0.234 e. The van der Waals surface area contributed by atoms with Crippen LogP contribution in [0.25, 0.3) is 0 Å². The van der Waals surface area contributed by atoms with Gasteiger partial charge in [0.25, 0.3) is 0 Å². The summed E-state index contributed by atoms with van der Waals surface area (Å²) in [5.74, 6) is 0.975. The van der Waals surface area contributed by atoms with Crippen molar-refractivity contribution in [3.05, 3.63) is 16.1 Å². The predicted octanol–water partition coefficient (Wildman–Crippen LogP) is 3.24. The van der Waals surface area contributed by atoms with Gasteiger partial charge in [-0.05, 0) is 13.0 Å². The summed E-state index contributed by atoms with van der Waals surface area (Å²) in [6, 6.07) is 1.62. The number of nitrogens with zero attached hydrogens (tertiary/aromatic N) is 1. The van der Waals surface area contributed by atoms with Crippen molar-refractivity contribution < 1.29 is 9.47 Å². The van der Waals surface area contributed by atoms with Crippen LogP contribution in [-0.4, -0.2) is 31.9 Å². The van der Waals surface area contributed by atoms with E-state index in [1.165, 1.54) is 0 Å². The number of rotatable bonds is 7. The number of hydrogen-bond acceptors (Lipinski definition) is 4. The predicted molar refractivity (Wildman–Crippen MR) is 70.4 cm³/mol. The van der Waals surface area contributed by atoms with Crippen LogP contribution in [0.5, 0.6) is 5.88 Å². The highest BCUT2D eigenvalue weighted by atomic mass is 35.5. The topological polar surface area (TPSA) is 43.4 Å². The quantitative estimate of drug-likeness (QED) is 0.778. The van der Waals surface area contributed by atoms with Crippen LogP contribution in [0.15, 0.2) is 6.07 Å². The van der Waals surface area contributed by atoms with Crippen molar-refractivity contribution in [3.63, 3.8) is 0 Å². The maximum Gasteiger partial charge on any atom is 0.234 e. The van der Waals surface area contributed by atoms with E-state index in [2.05, 4.69) is 10.3 Å². The van der Waals surface area contributed by atoms with Crippen molar-refractivity contribution in [2.24, 2.45) is 0 Å². The van der Waals surface area contributed by atoms with Gasteiger partial charge in [0, 0.05) is 26.7 Å². The lowest BCUT2D eigenvalue weighted by Crippen LogP contribution is -2.06. The van der Waals surface area contributed by atoms with Gasteiger partial charge in [-0.3, -0.25) is 0 Å². The van der Waals surface area contributed by atoms with E-state index >= 15 is 0 Å². The molecule has 0 fully saturated rings. The van der Waals surface area contributed by atoms with Gasteiger partial charge in [0.15, 0.2) is 0 Å². The maximum atomic E-state index is 5.98. The van der Waals surface area contributed by atoms with Crippen LogP contribution >= 0.6 is 23.2 Å². The molecule has 0 saturated carbocycles. The van der Waals surface area contributed by atoms with Crippen LogP contribution in [0.4, 0.5) is 5.82 Å². The fraction of sp³-hybridized carbons (Fsp3) is 0.545. The van der Waals surface area contributed by atoms with E-state index in [1.54, 1.807) is 13.2 Å². The molecule has 4 nitrogen and oxygen atoms in total. The number of pyridine rings is 1.